The summed E-state index contributed by atoms with van der Waals surface area (Å²) in [5, 5.41) is 0. The van der Waals surface area contributed by atoms with Gasteiger partial charge in [-0.25, -0.2) is 4.79 Å². The van der Waals surface area contributed by atoms with Crippen molar-refractivity contribution in [2.24, 2.45) is 0 Å². The van der Waals surface area contributed by atoms with Crippen LogP contribution in [0.3, 0.4) is 0 Å². The fraction of sp³-hybridized carbons (Fsp3) is 0.682. The number of ether oxygens (including phenoxy) is 1. The van der Waals surface area contributed by atoms with Gasteiger partial charge in [0.2, 0.25) is 0 Å². The van der Waals surface area contributed by atoms with Gasteiger partial charge in [-0.05, 0) is 57.1 Å². The molecular weight excluding hydrogens is 511 g/mol. The van der Waals surface area contributed by atoms with Gasteiger partial charge in [-0.1, -0.05) is 22.9 Å². The highest BCUT2D eigenvalue weighted by Crippen LogP contribution is 2.38. The van der Waals surface area contributed by atoms with Crippen molar-refractivity contribution >= 4 is 39.4 Å². The second-order valence-corrected chi connectivity index (χ2v) is 9.57. The molecule has 5 nitrogen and oxygen atoms in total. The van der Waals surface area contributed by atoms with Crippen LogP contribution in [0.1, 0.15) is 63.5 Å². The van der Waals surface area contributed by atoms with E-state index in [1.54, 1.807) is 4.57 Å². The Morgan fingerprint density at radius 1 is 1.09 bits per heavy atom. The van der Waals surface area contributed by atoms with Gasteiger partial charge in [0.15, 0.2) is 0 Å². The quantitative estimate of drug-likeness (QED) is 0.513. The van der Waals surface area contributed by atoms with Gasteiger partial charge >= 0.3 is 11.9 Å². The van der Waals surface area contributed by atoms with E-state index in [-0.39, 0.29) is 34.1 Å². The molecule has 0 spiro atoms. The van der Waals surface area contributed by atoms with Gasteiger partial charge in [-0.3, -0.25) is 4.57 Å². The normalized spacial score (nSPS) is 23.4. The van der Waals surface area contributed by atoms with E-state index < -0.39 is 11.7 Å². The van der Waals surface area contributed by atoms with E-state index in [4.69, 9.17) is 4.74 Å². The van der Waals surface area contributed by atoms with Crippen molar-refractivity contribution in [3.63, 3.8) is 0 Å². The molecule has 1 N–H and O–H groups in total. The lowest BCUT2D eigenvalue weighted by molar-refractivity contribution is -0.138. The summed E-state index contributed by atoms with van der Waals surface area (Å²) >= 11 is 3.03. The molecular formula is C22H30BrClF3N3O2. The Morgan fingerprint density at radius 3 is 2.34 bits per heavy atom. The topological polar surface area (TPSA) is 50.3 Å². The minimum absolute atomic E-state index is 0. The van der Waals surface area contributed by atoms with E-state index in [9.17, 15) is 18.0 Å². The molecule has 2 fully saturated rings. The largest absolute Gasteiger partial charge is 0.417 e. The Hall–Kier alpha value is -1.03. The first kappa shape index (κ1) is 25.6. The van der Waals surface area contributed by atoms with E-state index in [0.717, 1.165) is 70.7 Å². The van der Waals surface area contributed by atoms with Crippen molar-refractivity contribution in [3.8, 4) is 0 Å². The van der Waals surface area contributed by atoms with E-state index >= 15 is 0 Å². The number of fused-ring (bicyclic) bond motifs is 1. The minimum atomic E-state index is -4.47. The number of hydrogen-bond acceptors (Lipinski definition) is 3. The van der Waals surface area contributed by atoms with Gasteiger partial charge in [-0.15, -0.1) is 12.4 Å². The van der Waals surface area contributed by atoms with Crippen LogP contribution in [0.2, 0.25) is 0 Å². The third-order valence-corrected chi connectivity index (χ3v) is 7.35. The SMILES string of the molecule is CCCOC1CCC(N2CCC(n3c(=O)[nH]c4cc(C(F)(F)F)c(Br)cc43)CC2)CC1.Cl. The van der Waals surface area contributed by atoms with Crippen LogP contribution in [0.15, 0.2) is 21.4 Å². The highest BCUT2D eigenvalue weighted by molar-refractivity contribution is 9.10. The molecule has 1 saturated carbocycles. The number of hydrogen-bond donors (Lipinski definition) is 1. The lowest BCUT2D eigenvalue weighted by atomic mass is 9.90. The number of aromatic nitrogens is 2. The molecule has 180 valence electrons. The number of benzene rings is 1. The number of halogens is 5. The van der Waals surface area contributed by atoms with Crippen molar-refractivity contribution in [2.45, 2.75) is 76.2 Å². The fourth-order valence-corrected chi connectivity index (χ4v) is 5.65. The number of aromatic amines is 1. The minimum Gasteiger partial charge on any atom is -0.378 e. The molecule has 0 unspecified atom stereocenters. The number of nitrogens with zero attached hydrogens (tertiary/aromatic N) is 2. The van der Waals surface area contributed by atoms with Crippen LogP contribution >= 0.6 is 28.3 Å². The molecule has 2 heterocycles. The maximum Gasteiger partial charge on any atom is 0.417 e. The summed E-state index contributed by atoms with van der Waals surface area (Å²) in [5.74, 6) is 0. The molecule has 2 aliphatic rings. The average molecular weight is 541 g/mol. The van der Waals surface area contributed by atoms with E-state index in [2.05, 4.69) is 32.7 Å². The molecule has 4 rings (SSSR count). The molecule has 0 bridgehead atoms. The van der Waals surface area contributed by atoms with Crippen LogP contribution in [0, 0.1) is 0 Å². The molecule has 2 aromatic rings. The number of alkyl halides is 3. The van der Waals surface area contributed by atoms with Crippen LogP contribution in [0.4, 0.5) is 13.2 Å². The molecule has 1 aliphatic heterocycles. The smallest absolute Gasteiger partial charge is 0.378 e. The zero-order valence-electron chi connectivity index (χ0n) is 18.1. The zero-order chi connectivity index (χ0) is 22.2. The third kappa shape index (κ3) is 5.37. The molecule has 1 aromatic carbocycles. The number of rotatable bonds is 5. The summed E-state index contributed by atoms with van der Waals surface area (Å²) in [7, 11) is 0. The number of likely N-dealkylation sites (tertiary alicyclic amines) is 1. The monoisotopic (exact) mass is 539 g/mol. The lowest BCUT2D eigenvalue weighted by Gasteiger charge is -2.41. The first-order valence-corrected chi connectivity index (χ1v) is 11.9. The van der Waals surface area contributed by atoms with Crippen molar-refractivity contribution in [3.05, 3.63) is 32.7 Å². The molecule has 0 amide bonds. The van der Waals surface area contributed by atoms with Gasteiger partial charge in [0, 0.05) is 36.3 Å². The van der Waals surface area contributed by atoms with Crippen LogP contribution in [0.5, 0.6) is 0 Å². The van der Waals surface area contributed by atoms with Crippen LogP contribution in [-0.4, -0.2) is 46.3 Å². The summed E-state index contributed by atoms with van der Waals surface area (Å²) < 4.78 is 47.1. The molecule has 0 radical (unpaired) electrons. The van der Waals surface area contributed by atoms with E-state index in [1.165, 1.54) is 6.07 Å². The van der Waals surface area contributed by atoms with Gasteiger partial charge in [0.05, 0.1) is 22.7 Å². The summed E-state index contributed by atoms with van der Waals surface area (Å²) in [6.45, 7) is 4.76. The third-order valence-electron chi connectivity index (χ3n) is 6.69. The van der Waals surface area contributed by atoms with Gasteiger partial charge < -0.3 is 14.6 Å². The molecule has 0 atom stereocenters. The van der Waals surface area contributed by atoms with Gasteiger partial charge in [0.1, 0.15) is 0 Å². The average Bonchev–Trinajstić information content (AvgIpc) is 3.06. The van der Waals surface area contributed by atoms with Gasteiger partial charge in [-0.2, -0.15) is 13.2 Å². The lowest BCUT2D eigenvalue weighted by Crippen LogP contribution is -2.45. The first-order valence-electron chi connectivity index (χ1n) is 11.1. The molecule has 1 aromatic heterocycles. The number of imidazole rings is 1. The molecule has 1 saturated heterocycles. The highest BCUT2D eigenvalue weighted by atomic mass is 79.9. The summed E-state index contributed by atoms with van der Waals surface area (Å²) in [5.41, 5.74) is -0.361. The molecule has 1 aliphatic carbocycles. The van der Waals surface area contributed by atoms with Crippen molar-refractivity contribution in [1.82, 2.24) is 14.5 Å². The summed E-state index contributed by atoms with van der Waals surface area (Å²) in [4.78, 5) is 17.7. The number of nitrogens with one attached hydrogen (secondary N) is 1. The summed E-state index contributed by atoms with van der Waals surface area (Å²) in [6, 6.07) is 2.99. The van der Waals surface area contributed by atoms with Crippen molar-refractivity contribution in [2.75, 3.05) is 19.7 Å². The van der Waals surface area contributed by atoms with Crippen molar-refractivity contribution in [1.29, 1.82) is 0 Å². The Kier molecular flexibility index (Phi) is 8.39. The Balaban J connectivity index is 0.00000289. The Morgan fingerprint density at radius 2 is 1.75 bits per heavy atom. The fourth-order valence-electron chi connectivity index (χ4n) is 5.10. The standard InChI is InChI=1S/C22H29BrF3N3O2.ClH/c1-2-11-31-16-5-3-14(4-6-16)28-9-7-15(8-10-28)29-20-13-18(23)17(22(24,25)26)12-19(20)27-21(29)30;/h12-16H,2-11H2,1H3,(H,27,30);1H. The first-order chi connectivity index (χ1) is 14.8. The second kappa shape index (κ2) is 10.5. The Labute approximate surface area is 200 Å². The summed E-state index contributed by atoms with van der Waals surface area (Å²) in [6.07, 6.45) is 3.07. The molecule has 32 heavy (non-hydrogen) atoms. The highest BCUT2D eigenvalue weighted by Gasteiger charge is 2.35. The van der Waals surface area contributed by atoms with E-state index in [1.807, 2.05) is 0 Å². The Bertz CT molecular complexity index is 962. The van der Waals surface area contributed by atoms with Crippen LogP contribution in [0.25, 0.3) is 11.0 Å². The van der Waals surface area contributed by atoms with Gasteiger partial charge in [0.25, 0.3) is 0 Å². The maximum absolute atomic E-state index is 13.2. The second-order valence-electron chi connectivity index (χ2n) is 8.72. The number of H-pyrrole nitrogens is 1. The number of piperidine rings is 1. The predicted octanol–water partition coefficient (Wildman–Crippen LogP) is 5.91. The molecule has 10 heteroatoms. The van der Waals surface area contributed by atoms with Crippen molar-refractivity contribution < 1.29 is 17.9 Å². The van der Waals surface area contributed by atoms with Crippen LogP contribution in [-0.2, 0) is 10.9 Å². The maximum atomic E-state index is 13.2. The van der Waals surface area contributed by atoms with Crippen LogP contribution < -0.4 is 5.69 Å². The predicted molar refractivity (Wildman–Crippen MR) is 125 cm³/mol. The zero-order valence-corrected chi connectivity index (χ0v) is 20.5. The van der Waals surface area contributed by atoms with E-state index in [0.29, 0.717) is 17.7 Å².